The SMILES string of the molecule is CC(C)N1CCC2(CCN(CCC(=O)N3CC(C)(C)C3)CC2)CC1. The Kier molecular flexibility index (Phi) is 5.27. The molecule has 0 atom stereocenters. The molecule has 4 nitrogen and oxygen atoms in total. The lowest BCUT2D eigenvalue weighted by atomic mass is 9.71. The van der Waals surface area contributed by atoms with Gasteiger partial charge < -0.3 is 14.7 Å². The summed E-state index contributed by atoms with van der Waals surface area (Å²) < 4.78 is 0. The fourth-order valence-corrected chi connectivity index (χ4v) is 4.84. The van der Waals surface area contributed by atoms with Gasteiger partial charge in [0.25, 0.3) is 0 Å². The van der Waals surface area contributed by atoms with Gasteiger partial charge in [-0.25, -0.2) is 0 Å². The monoisotopic (exact) mass is 335 g/mol. The van der Waals surface area contributed by atoms with Crippen LogP contribution in [0.3, 0.4) is 0 Å². The Bertz CT molecular complexity index is 434. The Labute approximate surface area is 148 Å². The smallest absolute Gasteiger partial charge is 0.223 e. The lowest BCUT2D eigenvalue weighted by molar-refractivity contribution is -0.141. The number of amides is 1. The molecule has 3 aliphatic rings. The van der Waals surface area contributed by atoms with E-state index in [0.717, 1.165) is 19.6 Å². The molecule has 0 bridgehead atoms. The first kappa shape index (κ1) is 18.2. The zero-order valence-electron chi connectivity index (χ0n) is 16.3. The number of likely N-dealkylation sites (tertiary alicyclic amines) is 3. The van der Waals surface area contributed by atoms with Gasteiger partial charge in [-0.3, -0.25) is 4.79 Å². The van der Waals surface area contributed by atoms with Crippen LogP contribution in [0.1, 0.15) is 59.8 Å². The van der Waals surface area contributed by atoms with Gasteiger partial charge >= 0.3 is 0 Å². The summed E-state index contributed by atoms with van der Waals surface area (Å²) in [6.07, 6.45) is 6.14. The maximum atomic E-state index is 12.2. The second-order valence-electron chi connectivity index (χ2n) is 9.64. The van der Waals surface area contributed by atoms with Crippen LogP contribution in [0.4, 0.5) is 0 Å². The third-order valence-electron chi connectivity index (χ3n) is 6.74. The first-order valence-electron chi connectivity index (χ1n) is 10.0. The molecule has 1 amide bonds. The zero-order chi connectivity index (χ0) is 17.4. The summed E-state index contributed by atoms with van der Waals surface area (Å²) in [6, 6.07) is 0.694. The molecule has 0 unspecified atom stereocenters. The molecule has 0 N–H and O–H groups in total. The number of piperidine rings is 2. The predicted octanol–water partition coefficient (Wildman–Crippen LogP) is 2.83. The molecule has 3 rings (SSSR count). The molecule has 3 heterocycles. The van der Waals surface area contributed by atoms with Crippen molar-refractivity contribution < 1.29 is 4.79 Å². The van der Waals surface area contributed by atoms with E-state index in [4.69, 9.17) is 0 Å². The van der Waals surface area contributed by atoms with E-state index in [0.29, 0.717) is 29.2 Å². The number of carbonyl (C=O) groups is 1. The molecule has 138 valence electrons. The lowest BCUT2D eigenvalue weighted by Crippen LogP contribution is -2.56. The minimum absolute atomic E-state index is 0.345. The van der Waals surface area contributed by atoms with Gasteiger partial charge in [0.2, 0.25) is 5.91 Å². The standard InChI is InChI=1S/C20H37N3O/c1-17(2)22-13-8-20(9-14-22)6-11-21(12-7-20)10-5-18(24)23-15-19(3,4)16-23/h17H,5-16H2,1-4H3. The molecule has 0 radical (unpaired) electrons. The summed E-state index contributed by atoms with van der Waals surface area (Å²) in [5, 5.41) is 0. The van der Waals surface area contributed by atoms with E-state index in [2.05, 4.69) is 37.5 Å². The molecular weight excluding hydrogens is 298 g/mol. The minimum atomic E-state index is 0.345. The van der Waals surface area contributed by atoms with Crippen molar-refractivity contribution in [1.29, 1.82) is 0 Å². The van der Waals surface area contributed by atoms with Crippen LogP contribution >= 0.6 is 0 Å². The molecule has 4 heteroatoms. The van der Waals surface area contributed by atoms with Gasteiger partial charge in [-0.2, -0.15) is 0 Å². The fourth-order valence-electron chi connectivity index (χ4n) is 4.84. The average Bonchev–Trinajstić information content (AvgIpc) is 2.52. The molecule has 24 heavy (non-hydrogen) atoms. The quantitative estimate of drug-likeness (QED) is 0.790. The summed E-state index contributed by atoms with van der Waals surface area (Å²) >= 11 is 0. The Morgan fingerprint density at radius 2 is 1.50 bits per heavy atom. The van der Waals surface area contributed by atoms with Crippen molar-refractivity contribution in [2.75, 3.05) is 45.8 Å². The van der Waals surface area contributed by atoms with Gasteiger partial charge in [-0.15, -0.1) is 0 Å². The third-order valence-corrected chi connectivity index (χ3v) is 6.74. The Morgan fingerprint density at radius 1 is 0.958 bits per heavy atom. The number of hydrogen-bond acceptors (Lipinski definition) is 3. The Balaban J connectivity index is 1.36. The normalized spacial score (nSPS) is 27.5. The Morgan fingerprint density at radius 3 is 2.00 bits per heavy atom. The topological polar surface area (TPSA) is 26.8 Å². The summed E-state index contributed by atoms with van der Waals surface area (Å²) in [7, 11) is 0. The molecule has 3 fully saturated rings. The highest BCUT2D eigenvalue weighted by atomic mass is 16.2. The van der Waals surface area contributed by atoms with E-state index in [9.17, 15) is 4.79 Å². The van der Waals surface area contributed by atoms with Crippen molar-refractivity contribution >= 4 is 5.91 Å². The van der Waals surface area contributed by atoms with E-state index in [-0.39, 0.29) is 0 Å². The van der Waals surface area contributed by atoms with Crippen LogP contribution in [0.15, 0.2) is 0 Å². The molecular formula is C20H37N3O. The summed E-state index contributed by atoms with van der Waals surface area (Å²) in [6.45, 7) is 16.9. The van der Waals surface area contributed by atoms with Gasteiger partial charge in [0.05, 0.1) is 0 Å². The van der Waals surface area contributed by atoms with Gasteiger partial charge in [-0.05, 0) is 76.5 Å². The molecule has 0 saturated carbocycles. The van der Waals surface area contributed by atoms with Gasteiger partial charge in [0, 0.05) is 32.1 Å². The molecule has 0 aromatic heterocycles. The second-order valence-corrected chi connectivity index (χ2v) is 9.64. The van der Waals surface area contributed by atoms with Gasteiger partial charge in [-0.1, -0.05) is 13.8 Å². The van der Waals surface area contributed by atoms with Crippen LogP contribution in [0.2, 0.25) is 0 Å². The molecule has 3 aliphatic heterocycles. The predicted molar refractivity (Wildman–Crippen MR) is 99.0 cm³/mol. The first-order chi connectivity index (χ1) is 11.3. The Hall–Kier alpha value is -0.610. The van der Waals surface area contributed by atoms with Crippen molar-refractivity contribution in [1.82, 2.24) is 14.7 Å². The second kappa shape index (κ2) is 6.95. The fraction of sp³-hybridized carbons (Fsp3) is 0.950. The van der Waals surface area contributed by atoms with Gasteiger partial charge in [0.15, 0.2) is 0 Å². The largest absolute Gasteiger partial charge is 0.341 e. The van der Waals surface area contributed by atoms with Crippen molar-refractivity contribution in [2.24, 2.45) is 10.8 Å². The molecule has 0 aliphatic carbocycles. The maximum Gasteiger partial charge on any atom is 0.223 e. The highest BCUT2D eigenvalue weighted by Gasteiger charge is 2.39. The van der Waals surface area contributed by atoms with Crippen molar-refractivity contribution in [2.45, 2.75) is 65.8 Å². The summed E-state index contributed by atoms with van der Waals surface area (Å²) in [5.41, 5.74) is 0.950. The highest BCUT2D eigenvalue weighted by molar-refractivity contribution is 5.77. The summed E-state index contributed by atoms with van der Waals surface area (Å²) in [5.74, 6) is 0.361. The summed E-state index contributed by atoms with van der Waals surface area (Å²) in [4.78, 5) is 19.4. The molecule has 3 saturated heterocycles. The minimum Gasteiger partial charge on any atom is -0.341 e. The lowest BCUT2D eigenvalue weighted by Gasteiger charge is -2.48. The van der Waals surface area contributed by atoms with Crippen LogP contribution in [0.25, 0.3) is 0 Å². The first-order valence-corrected chi connectivity index (χ1v) is 10.0. The molecule has 0 aromatic carbocycles. The van der Waals surface area contributed by atoms with E-state index in [1.807, 2.05) is 4.90 Å². The van der Waals surface area contributed by atoms with Crippen LogP contribution in [0.5, 0.6) is 0 Å². The van der Waals surface area contributed by atoms with E-state index >= 15 is 0 Å². The van der Waals surface area contributed by atoms with Crippen LogP contribution < -0.4 is 0 Å². The van der Waals surface area contributed by atoms with Crippen molar-refractivity contribution in [3.8, 4) is 0 Å². The average molecular weight is 336 g/mol. The van der Waals surface area contributed by atoms with Crippen LogP contribution in [-0.2, 0) is 4.79 Å². The zero-order valence-corrected chi connectivity index (χ0v) is 16.3. The number of rotatable bonds is 4. The van der Waals surface area contributed by atoms with Crippen LogP contribution in [-0.4, -0.2) is 72.5 Å². The molecule has 1 spiro atoms. The molecule has 0 aromatic rings. The van der Waals surface area contributed by atoms with Gasteiger partial charge in [0.1, 0.15) is 0 Å². The van der Waals surface area contributed by atoms with E-state index in [1.165, 1.54) is 51.9 Å². The van der Waals surface area contributed by atoms with Crippen molar-refractivity contribution in [3.63, 3.8) is 0 Å². The van der Waals surface area contributed by atoms with E-state index < -0.39 is 0 Å². The van der Waals surface area contributed by atoms with Crippen LogP contribution in [0, 0.1) is 10.8 Å². The number of hydrogen-bond donors (Lipinski definition) is 0. The third kappa shape index (κ3) is 4.13. The maximum absolute atomic E-state index is 12.2. The number of nitrogens with zero attached hydrogens (tertiary/aromatic N) is 3. The highest BCUT2D eigenvalue weighted by Crippen LogP contribution is 2.41. The van der Waals surface area contributed by atoms with Crippen molar-refractivity contribution in [3.05, 3.63) is 0 Å². The number of carbonyl (C=O) groups excluding carboxylic acids is 1. The van der Waals surface area contributed by atoms with E-state index in [1.54, 1.807) is 0 Å².